The lowest BCUT2D eigenvalue weighted by Gasteiger charge is -2.28. The van der Waals surface area contributed by atoms with E-state index in [1.54, 1.807) is 0 Å². The minimum absolute atomic E-state index is 0.285. The summed E-state index contributed by atoms with van der Waals surface area (Å²) in [6.45, 7) is 4.25. The molecule has 88 valence electrons. The van der Waals surface area contributed by atoms with Crippen LogP contribution in [0.5, 0.6) is 0 Å². The van der Waals surface area contributed by atoms with Crippen molar-refractivity contribution in [2.24, 2.45) is 11.8 Å². The van der Waals surface area contributed by atoms with Crippen molar-refractivity contribution < 1.29 is 9.90 Å². The highest BCUT2D eigenvalue weighted by molar-refractivity contribution is 5.66. The van der Waals surface area contributed by atoms with E-state index in [1.165, 1.54) is 25.7 Å². The topological polar surface area (TPSA) is 49.3 Å². The summed E-state index contributed by atoms with van der Waals surface area (Å²) >= 11 is 0. The lowest BCUT2D eigenvalue weighted by molar-refractivity contribution is -0.137. The number of nitrogens with one attached hydrogen (secondary N) is 1. The van der Waals surface area contributed by atoms with Crippen LogP contribution in [0.3, 0.4) is 0 Å². The van der Waals surface area contributed by atoms with Gasteiger partial charge < -0.3 is 10.4 Å². The molecule has 1 aliphatic carbocycles. The fourth-order valence-corrected chi connectivity index (χ4v) is 2.35. The largest absolute Gasteiger partial charge is 0.481 e. The molecule has 1 fully saturated rings. The molecule has 3 heteroatoms. The van der Waals surface area contributed by atoms with E-state index in [2.05, 4.69) is 12.2 Å². The quantitative estimate of drug-likeness (QED) is 0.665. The number of aliphatic carboxylic acids is 1. The summed E-state index contributed by atoms with van der Waals surface area (Å²) < 4.78 is 0. The second-order valence-electron chi connectivity index (χ2n) is 4.72. The van der Waals surface area contributed by atoms with Crippen molar-refractivity contribution in [3.05, 3.63) is 0 Å². The molecule has 0 aromatic heterocycles. The van der Waals surface area contributed by atoms with Crippen molar-refractivity contribution in [3.63, 3.8) is 0 Å². The smallest absolute Gasteiger partial charge is 0.303 e. The van der Waals surface area contributed by atoms with Gasteiger partial charge in [-0.05, 0) is 37.8 Å². The molecule has 2 N–H and O–H groups in total. The fraction of sp³-hybridized carbons (Fsp3) is 0.917. The van der Waals surface area contributed by atoms with Crippen molar-refractivity contribution >= 4 is 5.97 Å². The van der Waals surface area contributed by atoms with E-state index in [4.69, 9.17) is 5.11 Å². The van der Waals surface area contributed by atoms with Gasteiger partial charge in [0.2, 0.25) is 0 Å². The van der Waals surface area contributed by atoms with Gasteiger partial charge in [0.15, 0.2) is 0 Å². The Kier molecular flexibility index (Phi) is 5.69. The fourth-order valence-electron chi connectivity index (χ4n) is 2.35. The summed E-state index contributed by atoms with van der Waals surface area (Å²) in [4.78, 5) is 10.3. The van der Waals surface area contributed by atoms with Gasteiger partial charge in [-0.3, -0.25) is 4.79 Å². The highest BCUT2D eigenvalue weighted by Crippen LogP contribution is 2.28. The molecule has 1 saturated carbocycles. The molecule has 3 nitrogen and oxygen atoms in total. The Balaban J connectivity index is 2.01. The summed E-state index contributed by atoms with van der Waals surface area (Å²) in [5.41, 5.74) is 0. The van der Waals surface area contributed by atoms with Gasteiger partial charge in [0, 0.05) is 6.42 Å². The zero-order valence-corrected chi connectivity index (χ0v) is 9.67. The summed E-state index contributed by atoms with van der Waals surface area (Å²) in [6.07, 6.45) is 6.49. The number of hydrogen-bond acceptors (Lipinski definition) is 2. The first-order chi connectivity index (χ1) is 7.20. The van der Waals surface area contributed by atoms with Gasteiger partial charge in [-0.2, -0.15) is 0 Å². The molecule has 1 rings (SSSR count). The van der Waals surface area contributed by atoms with E-state index in [9.17, 15) is 4.79 Å². The Labute approximate surface area is 92.3 Å². The van der Waals surface area contributed by atoms with Crippen molar-refractivity contribution in [1.82, 2.24) is 5.32 Å². The molecule has 0 amide bonds. The lowest BCUT2D eigenvalue weighted by Crippen LogP contribution is -2.30. The molecule has 15 heavy (non-hydrogen) atoms. The maximum Gasteiger partial charge on any atom is 0.303 e. The highest BCUT2D eigenvalue weighted by atomic mass is 16.4. The molecule has 0 radical (unpaired) electrons. The molecule has 0 heterocycles. The summed E-state index contributed by atoms with van der Waals surface area (Å²) in [7, 11) is 0. The third kappa shape index (κ3) is 5.17. The standard InChI is InChI=1S/C12H23NO2/c1-10-5-2-3-6-11(10)9-13-8-4-7-12(14)15/h10-11,13H,2-9H2,1H3,(H,14,15). The van der Waals surface area contributed by atoms with E-state index < -0.39 is 5.97 Å². The maximum atomic E-state index is 10.3. The third-order valence-electron chi connectivity index (χ3n) is 3.44. The second kappa shape index (κ2) is 6.83. The van der Waals surface area contributed by atoms with Crippen molar-refractivity contribution in [1.29, 1.82) is 0 Å². The predicted molar refractivity (Wildman–Crippen MR) is 60.9 cm³/mol. The number of carboxylic acid groups (broad SMARTS) is 1. The van der Waals surface area contributed by atoms with Gasteiger partial charge in [0.1, 0.15) is 0 Å². The van der Waals surface area contributed by atoms with E-state index >= 15 is 0 Å². The Morgan fingerprint density at radius 2 is 2.13 bits per heavy atom. The zero-order valence-electron chi connectivity index (χ0n) is 9.67. The average Bonchev–Trinajstić information content (AvgIpc) is 2.20. The monoisotopic (exact) mass is 213 g/mol. The first-order valence-electron chi connectivity index (χ1n) is 6.12. The van der Waals surface area contributed by atoms with Crippen LogP contribution in [0, 0.1) is 11.8 Å². The highest BCUT2D eigenvalue weighted by Gasteiger charge is 2.20. The first kappa shape index (κ1) is 12.5. The minimum Gasteiger partial charge on any atom is -0.481 e. The molecular formula is C12H23NO2. The Bertz CT molecular complexity index is 194. The minimum atomic E-state index is -0.692. The molecule has 0 aromatic carbocycles. The normalized spacial score (nSPS) is 26.5. The lowest BCUT2D eigenvalue weighted by atomic mass is 9.80. The maximum absolute atomic E-state index is 10.3. The Morgan fingerprint density at radius 3 is 2.80 bits per heavy atom. The summed E-state index contributed by atoms with van der Waals surface area (Å²) in [5, 5.41) is 11.9. The molecule has 1 aliphatic rings. The van der Waals surface area contributed by atoms with E-state index in [0.717, 1.165) is 31.3 Å². The van der Waals surface area contributed by atoms with Gasteiger partial charge >= 0.3 is 5.97 Å². The molecule has 2 atom stereocenters. The van der Waals surface area contributed by atoms with E-state index in [1.807, 2.05) is 0 Å². The number of carboxylic acids is 1. The Hall–Kier alpha value is -0.570. The summed E-state index contributed by atoms with van der Waals surface area (Å²) in [5.74, 6) is 0.956. The average molecular weight is 213 g/mol. The number of hydrogen-bond donors (Lipinski definition) is 2. The number of rotatable bonds is 6. The van der Waals surface area contributed by atoms with Crippen LogP contribution in [-0.4, -0.2) is 24.2 Å². The van der Waals surface area contributed by atoms with Crippen LogP contribution < -0.4 is 5.32 Å². The molecule has 0 bridgehead atoms. The zero-order chi connectivity index (χ0) is 11.1. The number of carbonyl (C=O) groups is 1. The van der Waals surface area contributed by atoms with Gasteiger partial charge in [0.25, 0.3) is 0 Å². The van der Waals surface area contributed by atoms with Gasteiger partial charge in [-0.15, -0.1) is 0 Å². The van der Waals surface area contributed by atoms with E-state index in [0.29, 0.717) is 0 Å². The molecule has 2 unspecified atom stereocenters. The Morgan fingerprint density at radius 1 is 1.40 bits per heavy atom. The van der Waals surface area contributed by atoms with Crippen LogP contribution in [-0.2, 0) is 4.79 Å². The molecule has 0 aliphatic heterocycles. The summed E-state index contributed by atoms with van der Waals surface area (Å²) in [6, 6.07) is 0. The third-order valence-corrected chi connectivity index (χ3v) is 3.44. The van der Waals surface area contributed by atoms with Crippen LogP contribution in [0.1, 0.15) is 45.4 Å². The first-order valence-corrected chi connectivity index (χ1v) is 6.12. The van der Waals surface area contributed by atoms with Crippen molar-refractivity contribution in [3.8, 4) is 0 Å². The molecular weight excluding hydrogens is 190 g/mol. The van der Waals surface area contributed by atoms with Crippen molar-refractivity contribution in [2.45, 2.75) is 45.4 Å². The second-order valence-corrected chi connectivity index (χ2v) is 4.72. The van der Waals surface area contributed by atoms with Crippen molar-refractivity contribution in [2.75, 3.05) is 13.1 Å². The SMILES string of the molecule is CC1CCCCC1CNCCCC(=O)O. The van der Waals surface area contributed by atoms with Gasteiger partial charge in [-0.25, -0.2) is 0 Å². The van der Waals surface area contributed by atoms with Crippen LogP contribution >= 0.6 is 0 Å². The van der Waals surface area contributed by atoms with Crippen LogP contribution in [0.4, 0.5) is 0 Å². The molecule has 0 spiro atoms. The molecule has 0 saturated heterocycles. The van der Waals surface area contributed by atoms with Crippen LogP contribution in [0.25, 0.3) is 0 Å². The van der Waals surface area contributed by atoms with E-state index in [-0.39, 0.29) is 6.42 Å². The predicted octanol–water partition coefficient (Wildman–Crippen LogP) is 2.27. The van der Waals surface area contributed by atoms with Gasteiger partial charge in [-0.1, -0.05) is 26.2 Å². The molecule has 0 aromatic rings. The van der Waals surface area contributed by atoms with Crippen LogP contribution in [0.15, 0.2) is 0 Å². The van der Waals surface area contributed by atoms with Crippen LogP contribution in [0.2, 0.25) is 0 Å². The van der Waals surface area contributed by atoms with Gasteiger partial charge in [0.05, 0.1) is 0 Å².